The molecule has 0 aliphatic carbocycles. The lowest BCUT2D eigenvalue weighted by molar-refractivity contribution is 0.413. The number of rotatable bonds is 2. The third-order valence-corrected chi connectivity index (χ3v) is 4.98. The first-order valence-corrected chi connectivity index (χ1v) is 8.22. The summed E-state index contributed by atoms with van der Waals surface area (Å²) < 4.78 is 10.9. The lowest BCUT2D eigenvalue weighted by Gasteiger charge is -2.34. The molecule has 23 heavy (non-hydrogen) atoms. The highest BCUT2D eigenvalue weighted by Crippen LogP contribution is 2.44. The summed E-state index contributed by atoms with van der Waals surface area (Å²) >= 11 is 1.60. The number of pyridine rings is 1. The van der Waals surface area contributed by atoms with Gasteiger partial charge in [0.1, 0.15) is 5.75 Å². The molecule has 3 aromatic rings. The highest BCUT2D eigenvalue weighted by Gasteiger charge is 2.28. The maximum atomic E-state index is 5.27. The largest absolute Gasteiger partial charge is 0.497 e. The lowest BCUT2D eigenvalue weighted by atomic mass is 9.95. The number of hydrogen-bond acceptors (Lipinski definition) is 5. The number of ether oxygens (including phenoxy) is 1. The van der Waals surface area contributed by atoms with Crippen molar-refractivity contribution >= 4 is 28.7 Å². The summed E-state index contributed by atoms with van der Waals surface area (Å²) in [5.41, 5.74) is 4.59. The maximum absolute atomic E-state index is 5.27. The van der Waals surface area contributed by atoms with E-state index in [4.69, 9.17) is 4.74 Å². The lowest BCUT2D eigenvalue weighted by Crippen LogP contribution is -2.26. The number of fused-ring (bicyclic) bond motifs is 3. The normalized spacial score (nSPS) is 17.6. The first-order valence-electron chi connectivity index (χ1n) is 7.45. The van der Waals surface area contributed by atoms with Crippen molar-refractivity contribution in [1.82, 2.24) is 9.29 Å². The van der Waals surface area contributed by atoms with Crippen LogP contribution in [0.1, 0.15) is 17.2 Å². The van der Waals surface area contributed by atoms with E-state index in [1.54, 1.807) is 19.2 Å². The van der Waals surface area contributed by atoms with E-state index in [-0.39, 0.29) is 6.04 Å². The molecule has 0 radical (unpaired) electrons. The van der Waals surface area contributed by atoms with Crippen LogP contribution in [-0.2, 0) is 0 Å². The van der Waals surface area contributed by atoms with Crippen molar-refractivity contribution in [2.75, 3.05) is 18.9 Å². The Morgan fingerprint density at radius 3 is 2.74 bits per heavy atom. The van der Waals surface area contributed by atoms with Gasteiger partial charge in [-0.25, -0.2) is 4.31 Å². The van der Waals surface area contributed by atoms with E-state index in [1.165, 1.54) is 11.1 Å². The number of anilines is 1. The van der Waals surface area contributed by atoms with Crippen LogP contribution in [0.2, 0.25) is 0 Å². The van der Waals surface area contributed by atoms with E-state index in [0.717, 1.165) is 22.3 Å². The molecular formula is C18H17N3OS. The molecule has 116 valence electrons. The molecule has 1 aromatic heterocycles. The van der Waals surface area contributed by atoms with E-state index in [1.807, 2.05) is 24.4 Å². The molecule has 0 saturated carbocycles. The standard InChI is InChI=1S/C18H17N3OS/c1-21-18(13-5-8-14(22-2)9-6-13)15-10-7-12-4-3-11-19-16(12)17(15)20-23-21/h3-11,18,20H,1-2H3. The third kappa shape index (κ3) is 2.42. The summed E-state index contributed by atoms with van der Waals surface area (Å²) in [6.07, 6.45) is 1.84. The number of hydrogen-bond donors (Lipinski definition) is 1. The fraction of sp³-hybridized carbons (Fsp3) is 0.167. The topological polar surface area (TPSA) is 37.4 Å². The van der Waals surface area contributed by atoms with Gasteiger partial charge in [0.2, 0.25) is 0 Å². The summed E-state index contributed by atoms with van der Waals surface area (Å²) in [4.78, 5) is 4.56. The van der Waals surface area contributed by atoms with Gasteiger partial charge in [0.25, 0.3) is 0 Å². The second kappa shape index (κ2) is 5.76. The summed E-state index contributed by atoms with van der Waals surface area (Å²) in [5, 5.41) is 1.15. The van der Waals surface area contributed by atoms with Crippen LogP contribution >= 0.6 is 12.1 Å². The molecule has 0 saturated heterocycles. The van der Waals surface area contributed by atoms with Crippen molar-refractivity contribution in [3.63, 3.8) is 0 Å². The van der Waals surface area contributed by atoms with Crippen LogP contribution in [0.5, 0.6) is 5.75 Å². The van der Waals surface area contributed by atoms with Gasteiger partial charge in [-0.3, -0.25) is 4.98 Å². The van der Waals surface area contributed by atoms with Crippen LogP contribution in [-0.4, -0.2) is 23.4 Å². The molecule has 2 aromatic carbocycles. The molecule has 1 aliphatic rings. The zero-order valence-electron chi connectivity index (χ0n) is 13.0. The predicted molar refractivity (Wildman–Crippen MR) is 95.6 cm³/mol. The highest BCUT2D eigenvalue weighted by molar-refractivity contribution is 7.98. The number of benzene rings is 2. The van der Waals surface area contributed by atoms with Crippen molar-refractivity contribution in [3.05, 3.63) is 65.9 Å². The Morgan fingerprint density at radius 2 is 1.96 bits per heavy atom. The highest BCUT2D eigenvalue weighted by atomic mass is 32.2. The Kier molecular flexibility index (Phi) is 3.59. The van der Waals surface area contributed by atoms with Crippen molar-refractivity contribution in [2.45, 2.75) is 6.04 Å². The van der Waals surface area contributed by atoms with Crippen LogP contribution in [0.3, 0.4) is 0 Å². The molecule has 1 unspecified atom stereocenters. The van der Waals surface area contributed by atoms with Crippen molar-refractivity contribution in [3.8, 4) is 5.75 Å². The molecule has 0 bridgehead atoms. The quantitative estimate of drug-likeness (QED) is 0.714. The molecule has 2 heterocycles. The second-order valence-corrected chi connectivity index (χ2v) is 6.48. The second-order valence-electron chi connectivity index (χ2n) is 5.52. The zero-order chi connectivity index (χ0) is 15.8. The van der Waals surface area contributed by atoms with E-state index in [2.05, 4.69) is 51.4 Å². The molecule has 0 fully saturated rings. The number of aromatic nitrogens is 1. The minimum Gasteiger partial charge on any atom is -0.497 e. The number of methoxy groups -OCH3 is 1. The molecule has 1 atom stereocenters. The Balaban J connectivity index is 1.86. The van der Waals surface area contributed by atoms with Gasteiger partial charge in [-0.05, 0) is 23.8 Å². The van der Waals surface area contributed by atoms with Crippen LogP contribution in [0, 0.1) is 0 Å². The van der Waals surface area contributed by atoms with Gasteiger partial charge in [0, 0.05) is 36.3 Å². The minimum atomic E-state index is 0.175. The number of nitrogens with one attached hydrogen (secondary N) is 1. The Hall–Kier alpha value is -2.24. The summed E-state index contributed by atoms with van der Waals surface area (Å²) in [7, 11) is 3.78. The Labute approximate surface area is 139 Å². The van der Waals surface area contributed by atoms with Gasteiger partial charge >= 0.3 is 0 Å². The average Bonchev–Trinajstić information content (AvgIpc) is 2.61. The van der Waals surface area contributed by atoms with E-state index >= 15 is 0 Å². The average molecular weight is 323 g/mol. The predicted octanol–water partition coefficient (Wildman–Crippen LogP) is 4.25. The van der Waals surface area contributed by atoms with Gasteiger partial charge in [-0.2, -0.15) is 0 Å². The van der Waals surface area contributed by atoms with Crippen LogP contribution in [0.25, 0.3) is 10.9 Å². The smallest absolute Gasteiger partial charge is 0.118 e. The van der Waals surface area contributed by atoms with Crippen LogP contribution in [0.15, 0.2) is 54.7 Å². The Morgan fingerprint density at radius 1 is 1.13 bits per heavy atom. The molecule has 4 rings (SSSR count). The van der Waals surface area contributed by atoms with Crippen LogP contribution in [0.4, 0.5) is 5.69 Å². The summed E-state index contributed by atoms with van der Waals surface area (Å²) in [5.74, 6) is 0.874. The van der Waals surface area contributed by atoms with Crippen LogP contribution < -0.4 is 9.46 Å². The molecular weight excluding hydrogens is 306 g/mol. The fourth-order valence-electron chi connectivity index (χ4n) is 3.04. The van der Waals surface area contributed by atoms with Gasteiger partial charge in [-0.15, -0.1) is 0 Å². The molecule has 0 spiro atoms. The SMILES string of the molecule is COc1ccc(C2c3ccc4cccnc4c3NSN2C)cc1. The van der Waals surface area contributed by atoms with Crippen molar-refractivity contribution in [2.24, 2.45) is 0 Å². The van der Waals surface area contributed by atoms with E-state index in [0.29, 0.717) is 0 Å². The van der Waals surface area contributed by atoms with Gasteiger partial charge < -0.3 is 9.46 Å². The summed E-state index contributed by atoms with van der Waals surface area (Å²) in [6.45, 7) is 0. The molecule has 5 heteroatoms. The van der Waals surface area contributed by atoms with Gasteiger partial charge in [0.15, 0.2) is 0 Å². The molecule has 0 amide bonds. The summed E-state index contributed by atoms with van der Waals surface area (Å²) in [6, 6.07) is 16.8. The first-order chi connectivity index (χ1) is 11.3. The third-order valence-electron chi connectivity index (χ3n) is 4.19. The van der Waals surface area contributed by atoms with Crippen molar-refractivity contribution < 1.29 is 4.74 Å². The minimum absolute atomic E-state index is 0.175. The Bertz CT molecular complexity index is 851. The van der Waals surface area contributed by atoms with Crippen molar-refractivity contribution in [1.29, 1.82) is 0 Å². The van der Waals surface area contributed by atoms with Gasteiger partial charge in [-0.1, -0.05) is 30.3 Å². The monoisotopic (exact) mass is 323 g/mol. The molecule has 1 N–H and O–H groups in total. The fourth-order valence-corrected chi connectivity index (χ4v) is 3.83. The van der Waals surface area contributed by atoms with Gasteiger partial charge in [0.05, 0.1) is 24.4 Å². The molecule has 4 nitrogen and oxygen atoms in total. The van der Waals surface area contributed by atoms with E-state index in [9.17, 15) is 0 Å². The maximum Gasteiger partial charge on any atom is 0.118 e. The zero-order valence-corrected chi connectivity index (χ0v) is 13.8. The first kappa shape index (κ1) is 14.4. The number of nitrogens with zero attached hydrogens (tertiary/aromatic N) is 2. The van der Waals surface area contributed by atoms with E-state index < -0.39 is 0 Å². The molecule has 1 aliphatic heterocycles.